The molecule has 0 radical (unpaired) electrons. The Hall–Kier alpha value is -0.120. The third kappa shape index (κ3) is 2.77. The van der Waals surface area contributed by atoms with Gasteiger partial charge in [-0.1, -0.05) is 6.92 Å². The maximum Gasteiger partial charge on any atom is 0.0120 e. The summed E-state index contributed by atoms with van der Waals surface area (Å²) in [6, 6.07) is 1.82. The smallest absolute Gasteiger partial charge is 0.0120 e. The normalized spacial score (nSPS) is 34.0. The van der Waals surface area contributed by atoms with Crippen molar-refractivity contribution in [3.63, 3.8) is 0 Å². The molecule has 0 aromatic carbocycles. The van der Waals surface area contributed by atoms with Gasteiger partial charge in [-0.05, 0) is 70.0 Å². The molecule has 1 spiro atoms. The minimum absolute atomic E-state index is 0.733. The van der Waals surface area contributed by atoms with E-state index in [1.54, 1.807) is 0 Å². The molecule has 0 atom stereocenters. The SMILES string of the molecule is CC1CN(C2CCN(C3CCC4(CC3)CN(C)C4)CC2)C1. The molecule has 0 aromatic heterocycles. The standard InChI is InChI=1S/C18H33N3/c1-15-11-21(12-15)17-5-9-20(10-6-17)16-3-7-18(8-4-16)13-19(2)14-18/h15-17H,3-14H2,1-2H3. The highest BCUT2D eigenvalue weighted by Crippen LogP contribution is 2.44. The van der Waals surface area contributed by atoms with Crippen LogP contribution in [0.2, 0.25) is 0 Å². The van der Waals surface area contributed by atoms with Gasteiger partial charge in [-0.25, -0.2) is 0 Å². The van der Waals surface area contributed by atoms with Crippen molar-refractivity contribution in [2.45, 2.75) is 57.5 Å². The first-order valence-corrected chi connectivity index (χ1v) is 9.30. The van der Waals surface area contributed by atoms with Gasteiger partial charge in [0, 0.05) is 38.3 Å². The lowest BCUT2D eigenvalue weighted by molar-refractivity contribution is -0.0399. The zero-order valence-electron chi connectivity index (χ0n) is 14.1. The van der Waals surface area contributed by atoms with E-state index in [9.17, 15) is 0 Å². The van der Waals surface area contributed by atoms with Gasteiger partial charge >= 0.3 is 0 Å². The van der Waals surface area contributed by atoms with E-state index in [0.717, 1.165) is 23.4 Å². The van der Waals surface area contributed by atoms with Gasteiger partial charge in [0.15, 0.2) is 0 Å². The van der Waals surface area contributed by atoms with Crippen molar-refractivity contribution in [1.29, 1.82) is 0 Å². The second kappa shape index (κ2) is 5.50. The highest BCUT2D eigenvalue weighted by atomic mass is 15.2. The molecule has 3 aliphatic heterocycles. The first-order valence-electron chi connectivity index (χ1n) is 9.30. The van der Waals surface area contributed by atoms with Crippen LogP contribution in [0.1, 0.15) is 45.4 Å². The summed E-state index contributed by atoms with van der Waals surface area (Å²) >= 11 is 0. The van der Waals surface area contributed by atoms with Crippen LogP contribution in [-0.4, -0.2) is 73.1 Å². The summed E-state index contributed by atoms with van der Waals surface area (Å²) in [5.74, 6) is 0.957. The molecule has 0 bridgehead atoms. The molecule has 4 fully saturated rings. The molecule has 3 nitrogen and oxygen atoms in total. The van der Waals surface area contributed by atoms with Gasteiger partial charge in [-0.15, -0.1) is 0 Å². The Morgan fingerprint density at radius 3 is 1.90 bits per heavy atom. The van der Waals surface area contributed by atoms with E-state index in [0.29, 0.717) is 0 Å². The van der Waals surface area contributed by atoms with Crippen LogP contribution < -0.4 is 0 Å². The predicted molar refractivity (Wildman–Crippen MR) is 87.5 cm³/mol. The number of hydrogen-bond donors (Lipinski definition) is 0. The number of hydrogen-bond acceptors (Lipinski definition) is 3. The second-order valence-corrected chi connectivity index (χ2v) is 8.73. The summed E-state index contributed by atoms with van der Waals surface area (Å²) in [6.45, 7) is 10.6. The van der Waals surface area contributed by atoms with Gasteiger partial charge in [-0.3, -0.25) is 4.90 Å². The first kappa shape index (κ1) is 14.5. The Bertz CT molecular complexity index is 353. The Morgan fingerprint density at radius 1 is 0.810 bits per heavy atom. The Kier molecular flexibility index (Phi) is 3.79. The quantitative estimate of drug-likeness (QED) is 0.773. The second-order valence-electron chi connectivity index (χ2n) is 8.73. The molecular weight excluding hydrogens is 258 g/mol. The van der Waals surface area contributed by atoms with Crippen LogP contribution in [-0.2, 0) is 0 Å². The summed E-state index contributed by atoms with van der Waals surface area (Å²) in [4.78, 5) is 8.08. The van der Waals surface area contributed by atoms with Crippen molar-refractivity contribution < 1.29 is 0 Å². The van der Waals surface area contributed by atoms with E-state index in [4.69, 9.17) is 0 Å². The van der Waals surface area contributed by atoms with Crippen molar-refractivity contribution in [1.82, 2.24) is 14.7 Å². The van der Waals surface area contributed by atoms with E-state index in [1.807, 2.05) is 0 Å². The Balaban J connectivity index is 1.22. The Morgan fingerprint density at radius 2 is 1.38 bits per heavy atom. The fraction of sp³-hybridized carbons (Fsp3) is 1.00. The van der Waals surface area contributed by atoms with E-state index < -0.39 is 0 Å². The maximum atomic E-state index is 2.84. The minimum Gasteiger partial charge on any atom is -0.305 e. The lowest BCUT2D eigenvalue weighted by Gasteiger charge is -2.54. The molecule has 1 aliphatic carbocycles. The summed E-state index contributed by atoms with van der Waals surface area (Å²) in [5.41, 5.74) is 0.733. The van der Waals surface area contributed by atoms with Crippen LogP contribution in [0.3, 0.4) is 0 Å². The zero-order chi connectivity index (χ0) is 14.4. The van der Waals surface area contributed by atoms with E-state index in [2.05, 4.69) is 28.7 Å². The average molecular weight is 291 g/mol. The minimum atomic E-state index is 0.733. The van der Waals surface area contributed by atoms with Crippen LogP contribution in [0.25, 0.3) is 0 Å². The third-order valence-corrected chi connectivity index (χ3v) is 6.85. The lowest BCUT2D eigenvalue weighted by Crippen LogP contribution is -2.58. The molecule has 3 heterocycles. The summed E-state index contributed by atoms with van der Waals surface area (Å²) < 4.78 is 0. The topological polar surface area (TPSA) is 9.72 Å². The summed E-state index contributed by atoms with van der Waals surface area (Å²) in [6.07, 6.45) is 8.78. The van der Waals surface area contributed by atoms with Crippen LogP contribution in [0.15, 0.2) is 0 Å². The monoisotopic (exact) mass is 291 g/mol. The summed E-state index contributed by atoms with van der Waals surface area (Å²) in [7, 11) is 2.28. The molecule has 120 valence electrons. The van der Waals surface area contributed by atoms with E-state index >= 15 is 0 Å². The first-order chi connectivity index (χ1) is 10.1. The fourth-order valence-corrected chi connectivity index (χ4v) is 5.66. The van der Waals surface area contributed by atoms with Gasteiger partial charge < -0.3 is 9.80 Å². The molecule has 21 heavy (non-hydrogen) atoms. The predicted octanol–water partition coefficient (Wildman–Crippen LogP) is 2.28. The molecule has 4 rings (SSSR count). The third-order valence-electron chi connectivity index (χ3n) is 6.85. The van der Waals surface area contributed by atoms with Gasteiger partial charge in [0.2, 0.25) is 0 Å². The summed E-state index contributed by atoms with van der Waals surface area (Å²) in [5, 5.41) is 0. The number of likely N-dealkylation sites (tertiary alicyclic amines) is 3. The average Bonchev–Trinajstić information content (AvgIpc) is 2.44. The molecule has 3 heteroatoms. The zero-order valence-corrected chi connectivity index (χ0v) is 14.1. The molecule has 3 saturated heterocycles. The number of piperidine rings is 1. The highest BCUT2D eigenvalue weighted by molar-refractivity contribution is 4.99. The molecule has 0 unspecified atom stereocenters. The van der Waals surface area contributed by atoms with Crippen molar-refractivity contribution >= 4 is 0 Å². The molecule has 1 saturated carbocycles. The van der Waals surface area contributed by atoms with Crippen LogP contribution >= 0.6 is 0 Å². The van der Waals surface area contributed by atoms with Crippen molar-refractivity contribution in [3.8, 4) is 0 Å². The van der Waals surface area contributed by atoms with Gasteiger partial charge in [-0.2, -0.15) is 0 Å². The molecular formula is C18H33N3. The van der Waals surface area contributed by atoms with Crippen molar-refractivity contribution in [2.24, 2.45) is 11.3 Å². The van der Waals surface area contributed by atoms with Crippen LogP contribution in [0.4, 0.5) is 0 Å². The van der Waals surface area contributed by atoms with Crippen LogP contribution in [0.5, 0.6) is 0 Å². The van der Waals surface area contributed by atoms with Crippen molar-refractivity contribution in [2.75, 3.05) is 46.3 Å². The highest BCUT2D eigenvalue weighted by Gasteiger charge is 2.44. The maximum absolute atomic E-state index is 2.84. The van der Waals surface area contributed by atoms with Crippen molar-refractivity contribution in [3.05, 3.63) is 0 Å². The van der Waals surface area contributed by atoms with Gasteiger partial charge in [0.25, 0.3) is 0 Å². The number of nitrogens with zero attached hydrogens (tertiary/aromatic N) is 3. The molecule has 0 amide bonds. The van der Waals surface area contributed by atoms with Crippen LogP contribution in [0, 0.1) is 11.3 Å². The lowest BCUT2D eigenvalue weighted by atomic mass is 9.67. The Labute approximate surface area is 130 Å². The van der Waals surface area contributed by atoms with E-state index in [-0.39, 0.29) is 0 Å². The fourth-order valence-electron chi connectivity index (χ4n) is 5.66. The molecule has 4 aliphatic rings. The van der Waals surface area contributed by atoms with Gasteiger partial charge in [0.05, 0.1) is 0 Å². The number of rotatable bonds is 2. The van der Waals surface area contributed by atoms with Gasteiger partial charge in [0.1, 0.15) is 0 Å². The molecule has 0 aromatic rings. The largest absolute Gasteiger partial charge is 0.305 e. The molecule has 0 N–H and O–H groups in total. The van der Waals surface area contributed by atoms with E-state index in [1.165, 1.54) is 77.8 Å².